The fourth-order valence-electron chi connectivity index (χ4n) is 2.53. The summed E-state index contributed by atoms with van der Waals surface area (Å²) >= 11 is 12.0. The molecular weight excluding hydrogens is 365 g/mol. The summed E-state index contributed by atoms with van der Waals surface area (Å²) in [6.45, 7) is 1.59. The second kappa shape index (κ2) is 6.38. The highest BCUT2D eigenvalue weighted by Crippen LogP contribution is 2.28. The van der Waals surface area contributed by atoms with Gasteiger partial charge in [0.05, 0.1) is 15.6 Å². The van der Waals surface area contributed by atoms with E-state index in [1.807, 2.05) is 0 Å². The normalized spacial score (nSPS) is 19.3. The number of anilines is 1. The smallest absolute Gasteiger partial charge is 0.322 e. The zero-order chi connectivity index (χ0) is 18.2. The van der Waals surface area contributed by atoms with E-state index < -0.39 is 23.4 Å². The van der Waals surface area contributed by atoms with E-state index in [0.717, 1.165) is 0 Å². The first-order valence-corrected chi connectivity index (χ1v) is 8.06. The van der Waals surface area contributed by atoms with Crippen molar-refractivity contribution in [3.8, 4) is 0 Å². The van der Waals surface area contributed by atoms with Crippen molar-refractivity contribution in [1.82, 2.24) is 10.6 Å². The van der Waals surface area contributed by atoms with Crippen molar-refractivity contribution in [2.24, 2.45) is 0 Å². The Hall–Kier alpha value is -2.57. The lowest BCUT2D eigenvalue weighted by atomic mass is 9.92. The molecule has 25 heavy (non-hydrogen) atoms. The number of carbonyl (C=O) groups is 3. The first kappa shape index (κ1) is 17.3. The zero-order valence-corrected chi connectivity index (χ0v) is 14.5. The van der Waals surface area contributed by atoms with Crippen LogP contribution in [0.15, 0.2) is 42.5 Å². The first-order valence-electron chi connectivity index (χ1n) is 7.31. The number of rotatable bonds is 3. The molecule has 0 saturated carbocycles. The van der Waals surface area contributed by atoms with Crippen molar-refractivity contribution in [3.05, 3.63) is 63.6 Å². The molecule has 2 aromatic carbocycles. The highest BCUT2D eigenvalue weighted by molar-refractivity contribution is 6.44. The molecular formula is C17H13Cl2N3O3. The lowest BCUT2D eigenvalue weighted by Crippen LogP contribution is -2.40. The molecule has 0 aliphatic carbocycles. The van der Waals surface area contributed by atoms with Gasteiger partial charge >= 0.3 is 6.03 Å². The molecule has 3 N–H and O–H groups in total. The van der Waals surface area contributed by atoms with Crippen LogP contribution >= 0.6 is 23.2 Å². The van der Waals surface area contributed by atoms with Gasteiger partial charge in [-0.2, -0.15) is 0 Å². The van der Waals surface area contributed by atoms with E-state index in [1.165, 1.54) is 0 Å². The molecule has 1 saturated heterocycles. The maximum Gasteiger partial charge on any atom is 0.322 e. The van der Waals surface area contributed by atoms with Gasteiger partial charge in [-0.25, -0.2) is 4.79 Å². The Morgan fingerprint density at radius 1 is 1.12 bits per heavy atom. The Labute approximate surface area is 153 Å². The fourth-order valence-corrected chi connectivity index (χ4v) is 2.92. The van der Waals surface area contributed by atoms with Crippen LogP contribution in [0.2, 0.25) is 10.0 Å². The molecule has 6 nitrogen and oxygen atoms in total. The fraction of sp³-hybridized carbons (Fsp3) is 0.118. The van der Waals surface area contributed by atoms with Gasteiger partial charge in [-0.3, -0.25) is 14.9 Å². The van der Waals surface area contributed by atoms with Gasteiger partial charge in [-0.15, -0.1) is 0 Å². The molecule has 4 amide bonds. The number of imide groups is 1. The molecule has 8 heteroatoms. The van der Waals surface area contributed by atoms with Gasteiger partial charge in [-0.1, -0.05) is 41.4 Å². The summed E-state index contributed by atoms with van der Waals surface area (Å²) in [5, 5.41) is 7.92. The first-order chi connectivity index (χ1) is 11.8. The molecule has 1 fully saturated rings. The van der Waals surface area contributed by atoms with Gasteiger partial charge in [0.15, 0.2) is 0 Å². The summed E-state index contributed by atoms with van der Waals surface area (Å²) in [5.74, 6) is -0.895. The molecule has 1 aliphatic heterocycles. The minimum Gasteiger partial charge on any atom is -0.322 e. The van der Waals surface area contributed by atoms with Crippen LogP contribution in [0, 0.1) is 0 Å². The molecule has 1 atom stereocenters. The van der Waals surface area contributed by atoms with Crippen LogP contribution in [0.5, 0.6) is 0 Å². The van der Waals surface area contributed by atoms with E-state index >= 15 is 0 Å². The number of carbonyl (C=O) groups excluding carboxylic acids is 3. The second-order valence-corrected chi connectivity index (χ2v) is 6.45. The van der Waals surface area contributed by atoms with Gasteiger partial charge < -0.3 is 10.6 Å². The topological polar surface area (TPSA) is 87.3 Å². The summed E-state index contributed by atoms with van der Waals surface area (Å²) in [6, 6.07) is 10.8. The Balaban J connectivity index is 1.88. The largest absolute Gasteiger partial charge is 0.322 e. The quantitative estimate of drug-likeness (QED) is 0.717. The van der Waals surface area contributed by atoms with Crippen molar-refractivity contribution < 1.29 is 14.4 Å². The van der Waals surface area contributed by atoms with Crippen LogP contribution in [0.4, 0.5) is 10.5 Å². The summed E-state index contributed by atoms with van der Waals surface area (Å²) in [5.41, 5.74) is 0.0168. The molecule has 1 unspecified atom stereocenters. The molecule has 128 valence electrons. The van der Waals surface area contributed by atoms with E-state index in [2.05, 4.69) is 16.0 Å². The van der Waals surface area contributed by atoms with Crippen molar-refractivity contribution in [2.75, 3.05) is 5.32 Å². The van der Waals surface area contributed by atoms with E-state index in [1.54, 1.807) is 49.4 Å². The summed E-state index contributed by atoms with van der Waals surface area (Å²) in [7, 11) is 0. The van der Waals surface area contributed by atoms with Crippen LogP contribution in [0.25, 0.3) is 0 Å². The zero-order valence-electron chi connectivity index (χ0n) is 13.0. The molecule has 1 heterocycles. The van der Waals surface area contributed by atoms with E-state index in [9.17, 15) is 14.4 Å². The molecule has 0 bridgehead atoms. The van der Waals surface area contributed by atoms with Crippen molar-refractivity contribution in [3.63, 3.8) is 0 Å². The number of halogens is 2. The third kappa shape index (κ3) is 3.18. The number of nitrogens with one attached hydrogen (secondary N) is 3. The second-order valence-electron chi connectivity index (χ2n) is 5.67. The minimum absolute atomic E-state index is 0.159. The number of amides is 4. The predicted octanol–water partition coefficient (Wildman–Crippen LogP) is 3.30. The van der Waals surface area contributed by atoms with Crippen molar-refractivity contribution in [2.45, 2.75) is 12.5 Å². The van der Waals surface area contributed by atoms with Crippen molar-refractivity contribution in [1.29, 1.82) is 0 Å². The molecule has 0 spiro atoms. The Kier molecular flexibility index (Phi) is 4.41. The van der Waals surface area contributed by atoms with E-state index in [0.29, 0.717) is 11.3 Å². The molecule has 0 aromatic heterocycles. The van der Waals surface area contributed by atoms with Gasteiger partial charge in [0.1, 0.15) is 5.54 Å². The van der Waals surface area contributed by atoms with Gasteiger partial charge in [-0.05, 0) is 36.8 Å². The van der Waals surface area contributed by atoms with E-state index in [-0.39, 0.29) is 15.6 Å². The van der Waals surface area contributed by atoms with Crippen LogP contribution in [-0.4, -0.2) is 17.8 Å². The minimum atomic E-state index is -1.20. The lowest BCUT2D eigenvalue weighted by Gasteiger charge is -2.21. The number of hydrogen-bond donors (Lipinski definition) is 3. The number of urea groups is 1. The highest BCUT2D eigenvalue weighted by atomic mass is 35.5. The lowest BCUT2D eigenvalue weighted by molar-refractivity contribution is -0.123. The summed E-state index contributed by atoms with van der Waals surface area (Å²) < 4.78 is 0. The van der Waals surface area contributed by atoms with Crippen LogP contribution in [0.3, 0.4) is 0 Å². The van der Waals surface area contributed by atoms with Crippen LogP contribution in [0.1, 0.15) is 22.8 Å². The predicted molar refractivity (Wildman–Crippen MR) is 94.9 cm³/mol. The van der Waals surface area contributed by atoms with Gasteiger partial charge in [0.2, 0.25) is 0 Å². The molecule has 1 aliphatic rings. The third-order valence-corrected chi connectivity index (χ3v) is 4.76. The molecule has 0 radical (unpaired) electrons. The van der Waals surface area contributed by atoms with Crippen LogP contribution in [-0.2, 0) is 10.3 Å². The molecule has 2 aromatic rings. The highest BCUT2D eigenvalue weighted by Gasteiger charge is 2.43. The van der Waals surface area contributed by atoms with Crippen LogP contribution < -0.4 is 16.0 Å². The maximum atomic E-state index is 12.4. The van der Waals surface area contributed by atoms with Crippen molar-refractivity contribution >= 4 is 46.7 Å². The Morgan fingerprint density at radius 2 is 1.84 bits per heavy atom. The maximum absolute atomic E-state index is 12.4. The SMILES string of the molecule is CC1(c2cccc(NC(=O)c3cccc(Cl)c3Cl)c2)NC(=O)NC1=O. The Morgan fingerprint density at radius 3 is 2.52 bits per heavy atom. The number of benzene rings is 2. The standard InChI is InChI=1S/C17H13Cl2N3O3/c1-17(15(24)21-16(25)22-17)9-4-2-5-10(8-9)20-14(23)11-6-3-7-12(18)13(11)19/h2-8H,1H3,(H,20,23)(H2,21,22,24,25). The van der Waals surface area contributed by atoms with Gasteiger partial charge in [0.25, 0.3) is 11.8 Å². The van der Waals surface area contributed by atoms with Gasteiger partial charge in [0, 0.05) is 5.69 Å². The third-order valence-electron chi connectivity index (χ3n) is 3.94. The average Bonchev–Trinajstić information content (AvgIpc) is 2.83. The number of hydrogen-bond acceptors (Lipinski definition) is 3. The molecule has 3 rings (SSSR count). The summed E-state index contributed by atoms with van der Waals surface area (Å²) in [4.78, 5) is 35.9. The summed E-state index contributed by atoms with van der Waals surface area (Å²) in [6.07, 6.45) is 0. The van der Waals surface area contributed by atoms with E-state index in [4.69, 9.17) is 23.2 Å². The monoisotopic (exact) mass is 377 g/mol. The average molecular weight is 378 g/mol. The Bertz CT molecular complexity index is 900.